The van der Waals surface area contributed by atoms with Crippen molar-refractivity contribution in [2.24, 2.45) is 5.73 Å². The third-order valence-electron chi connectivity index (χ3n) is 3.24. The molecule has 0 bridgehead atoms. The van der Waals surface area contributed by atoms with Crippen LogP contribution in [0.15, 0.2) is 18.2 Å². The van der Waals surface area contributed by atoms with Crippen molar-refractivity contribution < 1.29 is 9.53 Å². The van der Waals surface area contributed by atoms with Gasteiger partial charge in [-0.15, -0.1) is 0 Å². The molecule has 0 atom stereocenters. The molecule has 0 aromatic heterocycles. The van der Waals surface area contributed by atoms with Crippen molar-refractivity contribution in [1.82, 2.24) is 4.90 Å². The molecule has 1 aliphatic heterocycles. The first-order valence-electron chi connectivity index (χ1n) is 6.44. The average Bonchev–Trinajstić information content (AvgIpc) is 2.52. The van der Waals surface area contributed by atoms with Gasteiger partial charge in [-0.2, -0.15) is 0 Å². The zero-order valence-electron chi connectivity index (χ0n) is 10.8. The molecule has 1 aromatic rings. The van der Waals surface area contributed by atoms with Gasteiger partial charge in [0.25, 0.3) is 5.91 Å². The van der Waals surface area contributed by atoms with Crippen LogP contribution in [-0.4, -0.2) is 37.6 Å². The van der Waals surface area contributed by atoms with Gasteiger partial charge in [-0.25, -0.2) is 0 Å². The summed E-state index contributed by atoms with van der Waals surface area (Å²) in [6, 6.07) is 5.71. The molecule has 1 aromatic carbocycles. The quantitative estimate of drug-likeness (QED) is 0.820. The highest BCUT2D eigenvalue weighted by Gasteiger charge is 2.21. The molecule has 0 unspecified atom stereocenters. The number of ether oxygens (including phenoxy) is 1. The van der Waals surface area contributed by atoms with Crippen LogP contribution >= 0.6 is 0 Å². The highest BCUT2D eigenvalue weighted by Crippen LogP contribution is 2.27. The van der Waals surface area contributed by atoms with Crippen molar-refractivity contribution in [3.8, 4) is 5.75 Å². The number of benzene rings is 1. The summed E-state index contributed by atoms with van der Waals surface area (Å²) in [6.45, 7) is 2.03. The minimum Gasteiger partial charge on any atom is -0.493 e. The van der Waals surface area contributed by atoms with E-state index in [0.717, 1.165) is 42.7 Å². The summed E-state index contributed by atoms with van der Waals surface area (Å²) in [4.78, 5) is 13.9. The number of fused-ring (bicyclic) bond motifs is 1. The zero-order valence-corrected chi connectivity index (χ0v) is 10.8. The maximum absolute atomic E-state index is 12.2. The molecule has 4 nitrogen and oxygen atoms in total. The Morgan fingerprint density at radius 2 is 2.28 bits per heavy atom. The molecule has 98 valence electrons. The fourth-order valence-corrected chi connectivity index (χ4v) is 2.22. The van der Waals surface area contributed by atoms with E-state index in [2.05, 4.69) is 0 Å². The highest BCUT2D eigenvalue weighted by atomic mass is 16.5. The number of amides is 1. The Morgan fingerprint density at radius 3 is 3.06 bits per heavy atom. The van der Waals surface area contributed by atoms with Crippen LogP contribution < -0.4 is 10.5 Å². The van der Waals surface area contributed by atoms with E-state index in [1.165, 1.54) is 0 Å². The zero-order chi connectivity index (χ0) is 13.0. The van der Waals surface area contributed by atoms with Crippen molar-refractivity contribution >= 4 is 5.91 Å². The average molecular weight is 248 g/mol. The van der Waals surface area contributed by atoms with E-state index in [0.29, 0.717) is 13.2 Å². The Labute approximate surface area is 108 Å². The van der Waals surface area contributed by atoms with Gasteiger partial charge < -0.3 is 15.4 Å². The molecule has 18 heavy (non-hydrogen) atoms. The number of carbonyl (C=O) groups is 1. The van der Waals surface area contributed by atoms with Crippen LogP contribution in [0.5, 0.6) is 5.75 Å². The fraction of sp³-hybridized carbons (Fsp3) is 0.500. The molecule has 0 saturated carbocycles. The molecule has 1 aliphatic rings. The first-order chi connectivity index (χ1) is 8.74. The van der Waals surface area contributed by atoms with E-state index in [4.69, 9.17) is 10.5 Å². The molecule has 0 spiro atoms. The van der Waals surface area contributed by atoms with Crippen LogP contribution in [0.25, 0.3) is 0 Å². The van der Waals surface area contributed by atoms with Crippen molar-refractivity contribution in [2.75, 3.05) is 26.7 Å². The number of hydrogen-bond donors (Lipinski definition) is 1. The van der Waals surface area contributed by atoms with Crippen molar-refractivity contribution in [2.45, 2.75) is 19.3 Å². The van der Waals surface area contributed by atoms with Gasteiger partial charge in [-0.1, -0.05) is 6.07 Å². The van der Waals surface area contributed by atoms with Crippen molar-refractivity contribution in [3.63, 3.8) is 0 Å². The lowest BCUT2D eigenvalue weighted by molar-refractivity contribution is 0.0800. The predicted octanol–water partition coefficient (Wildman–Crippen LogP) is 1.43. The minimum atomic E-state index is 0.0896. The van der Waals surface area contributed by atoms with Gasteiger partial charge in [0, 0.05) is 24.7 Å². The van der Waals surface area contributed by atoms with Crippen LogP contribution in [0.3, 0.4) is 0 Å². The minimum absolute atomic E-state index is 0.0896. The summed E-state index contributed by atoms with van der Waals surface area (Å²) >= 11 is 0. The second-order valence-electron chi connectivity index (χ2n) is 4.60. The predicted molar refractivity (Wildman–Crippen MR) is 70.9 cm³/mol. The third-order valence-corrected chi connectivity index (χ3v) is 3.24. The lowest BCUT2D eigenvalue weighted by Gasteiger charge is -2.15. The molecule has 0 radical (unpaired) electrons. The third kappa shape index (κ3) is 2.64. The van der Waals surface area contributed by atoms with Gasteiger partial charge >= 0.3 is 0 Å². The van der Waals surface area contributed by atoms with Gasteiger partial charge in [-0.05, 0) is 37.9 Å². The number of nitrogens with two attached hydrogens (primary N) is 1. The standard InChI is InChI=1S/C14H20N2O2/c1-16-9-3-6-11-12(14(16)17)5-2-7-13(11)18-10-4-8-15/h2,5,7H,3-4,6,8-10,15H2,1H3. The first kappa shape index (κ1) is 12.9. The summed E-state index contributed by atoms with van der Waals surface area (Å²) in [5.74, 6) is 0.927. The summed E-state index contributed by atoms with van der Waals surface area (Å²) < 4.78 is 5.73. The monoisotopic (exact) mass is 248 g/mol. The molecule has 1 heterocycles. The number of carbonyl (C=O) groups excluding carboxylic acids is 1. The summed E-state index contributed by atoms with van der Waals surface area (Å²) in [7, 11) is 1.85. The first-order valence-corrected chi connectivity index (χ1v) is 6.44. The molecule has 0 fully saturated rings. The topological polar surface area (TPSA) is 55.6 Å². The van der Waals surface area contributed by atoms with E-state index >= 15 is 0 Å². The van der Waals surface area contributed by atoms with Crippen LogP contribution in [0, 0.1) is 0 Å². The number of hydrogen-bond acceptors (Lipinski definition) is 3. The van der Waals surface area contributed by atoms with Crippen LogP contribution in [0.4, 0.5) is 0 Å². The SMILES string of the molecule is CN1CCCc2c(OCCCN)cccc2C1=O. The second-order valence-corrected chi connectivity index (χ2v) is 4.60. The smallest absolute Gasteiger partial charge is 0.254 e. The van der Waals surface area contributed by atoms with Crippen LogP contribution in [0.1, 0.15) is 28.8 Å². The summed E-state index contributed by atoms with van der Waals surface area (Å²) in [6.07, 6.45) is 2.70. The van der Waals surface area contributed by atoms with Gasteiger partial charge in [0.2, 0.25) is 0 Å². The van der Waals surface area contributed by atoms with Crippen molar-refractivity contribution in [3.05, 3.63) is 29.3 Å². The Kier molecular flexibility index (Phi) is 4.20. The maximum atomic E-state index is 12.2. The molecule has 2 N–H and O–H groups in total. The Morgan fingerprint density at radius 1 is 1.44 bits per heavy atom. The van der Waals surface area contributed by atoms with Gasteiger partial charge in [-0.3, -0.25) is 4.79 Å². The van der Waals surface area contributed by atoms with E-state index in [9.17, 15) is 4.79 Å². The van der Waals surface area contributed by atoms with Gasteiger partial charge in [0.1, 0.15) is 5.75 Å². The largest absolute Gasteiger partial charge is 0.493 e. The summed E-state index contributed by atoms with van der Waals surface area (Å²) in [5.41, 5.74) is 7.28. The van der Waals surface area contributed by atoms with E-state index in [1.54, 1.807) is 4.90 Å². The fourth-order valence-electron chi connectivity index (χ4n) is 2.22. The lowest BCUT2D eigenvalue weighted by atomic mass is 10.0. The molecule has 4 heteroatoms. The van der Waals surface area contributed by atoms with Crippen molar-refractivity contribution in [1.29, 1.82) is 0 Å². The van der Waals surface area contributed by atoms with E-state index in [1.807, 2.05) is 25.2 Å². The van der Waals surface area contributed by atoms with Gasteiger partial charge in [0.05, 0.1) is 6.61 Å². The van der Waals surface area contributed by atoms with E-state index in [-0.39, 0.29) is 5.91 Å². The van der Waals surface area contributed by atoms with E-state index < -0.39 is 0 Å². The van der Waals surface area contributed by atoms with Crippen LogP contribution in [0.2, 0.25) is 0 Å². The molecule has 0 saturated heterocycles. The Hall–Kier alpha value is -1.55. The van der Waals surface area contributed by atoms with Crippen LogP contribution in [-0.2, 0) is 6.42 Å². The normalized spacial score (nSPS) is 15.2. The molecular weight excluding hydrogens is 228 g/mol. The second kappa shape index (κ2) is 5.87. The summed E-state index contributed by atoms with van der Waals surface area (Å²) in [5, 5.41) is 0. The molecule has 0 aliphatic carbocycles. The molecule has 2 rings (SSSR count). The van der Waals surface area contributed by atoms with Gasteiger partial charge in [0.15, 0.2) is 0 Å². The molecule has 1 amide bonds. The molecular formula is C14H20N2O2. The highest BCUT2D eigenvalue weighted by molar-refractivity contribution is 5.96. The number of rotatable bonds is 4. The number of nitrogens with zero attached hydrogens (tertiary/aromatic N) is 1. The maximum Gasteiger partial charge on any atom is 0.254 e. The Balaban J connectivity index is 2.25. The Bertz CT molecular complexity index is 432. The lowest BCUT2D eigenvalue weighted by Crippen LogP contribution is -2.26.